The average molecular weight is 398 g/mol. The Kier molecular flexibility index (Phi) is 7.72. The average Bonchev–Trinajstić information content (AvgIpc) is 2.63. The van der Waals surface area contributed by atoms with Crippen molar-refractivity contribution in [2.24, 2.45) is 0 Å². The number of benzene rings is 1. The van der Waals surface area contributed by atoms with Gasteiger partial charge in [-0.25, -0.2) is 4.79 Å². The third-order valence-corrected chi connectivity index (χ3v) is 6.53. The van der Waals surface area contributed by atoms with Crippen LogP contribution >= 0.6 is 0 Å². The minimum absolute atomic E-state index is 0.0430. The summed E-state index contributed by atoms with van der Waals surface area (Å²) in [5, 5.41) is 4.86. The summed E-state index contributed by atoms with van der Waals surface area (Å²) < 4.78 is 27.9. The Morgan fingerprint density at radius 2 is 1.63 bits per heavy atom. The molecule has 0 bridgehead atoms. The zero-order chi connectivity index (χ0) is 19.9. The molecule has 9 nitrogen and oxygen atoms in total. The predicted molar refractivity (Wildman–Crippen MR) is 103 cm³/mol. The molecule has 0 spiro atoms. The minimum Gasteiger partial charge on any atom is -0.308 e. The quantitative estimate of drug-likeness (QED) is 0.699. The number of anilines is 1. The van der Waals surface area contributed by atoms with E-state index in [1.165, 1.54) is 8.61 Å². The van der Waals surface area contributed by atoms with Crippen molar-refractivity contribution < 1.29 is 18.0 Å². The van der Waals surface area contributed by atoms with Crippen molar-refractivity contribution in [1.29, 1.82) is 0 Å². The summed E-state index contributed by atoms with van der Waals surface area (Å²) in [5.74, 6) is -0.427. The topological polar surface area (TPSA) is 102 Å². The number of amides is 3. The Hall–Kier alpha value is -2.01. The Bertz CT molecular complexity index is 729. The van der Waals surface area contributed by atoms with Crippen LogP contribution < -0.4 is 10.6 Å². The summed E-state index contributed by atoms with van der Waals surface area (Å²) in [6, 6.07) is 8.24. The van der Waals surface area contributed by atoms with Crippen molar-refractivity contribution in [2.45, 2.75) is 13.8 Å². The van der Waals surface area contributed by atoms with Gasteiger partial charge in [-0.3, -0.25) is 15.0 Å². The van der Waals surface area contributed by atoms with E-state index in [9.17, 15) is 18.0 Å². The highest BCUT2D eigenvalue weighted by Crippen LogP contribution is 2.12. The maximum atomic E-state index is 12.5. The third-order valence-electron chi connectivity index (χ3n) is 4.34. The predicted octanol–water partition coefficient (Wildman–Crippen LogP) is 0.539. The van der Waals surface area contributed by atoms with Crippen LogP contribution in [-0.4, -0.2) is 79.7 Å². The summed E-state index contributed by atoms with van der Waals surface area (Å²) in [6.07, 6.45) is 0. The molecule has 1 aromatic rings. The second-order valence-electron chi connectivity index (χ2n) is 6.14. The van der Waals surface area contributed by atoms with Gasteiger partial charge in [-0.1, -0.05) is 32.0 Å². The van der Waals surface area contributed by atoms with Gasteiger partial charge in [-0.15, -0.1) is 0 Å². The van der Waals surface area contributed by atoms with Crippen molar-refractivity contribution in [3.63, 3.8) is 0 Å². The summed E-state index contributed by atoms with van der Waals surface area (Å²) in [7, 11) is -3.45. The van der Waals surface area contributed by atoms with E-state index in [1.807, 2.05) is 24.8 Å². The molecule has 150 valence electrons. The second kappa shape index (κ2) is 9.79. The summed E-state index contributed by atoms with van der Waals surface area (Å²) in [4.78, 5) is 25.7. The van der Waals surface area contributed by atoms with Crippen molar-refractivity contribution in [1.82, 2.24) is 18.8 Å². The number of hydrogen-bond acceptors (Lipinski definition) is 5. The number of imide groups is 1. The molecule has 2 N–H and O–H groups in total. The first-order valence-corrected chi connectivity index (χ1v) is 10.4. The van der Waals surface area contributed by atoms with E-state index < -0.39 is 22.1 Å². The Morgan fingerprint density at radius 1 is 1.04 bits per heavy atom. The molecule has 1 heterocycles. The third kappa shape index (κ3) is 5.99. The largest absolute Gasteiger partial charge is 0.325 e. The van der Waals surface area contributed by atoms with Gasteiger partial charge in [0.2, 0.25) is 5.91 Å². The van der Waals surface area contributed by atoms with Crippen LogP contribution in [0.1, 0.15) is 13.8 Å². The number of nitrogens with one attached hydrogen (secondary N) is 2. The van der Waals surface area contributed by atoms with Crippen LogP contribution in [-0.2, 0) is 15.0 Å². The fourth-order valence-corrected chi connectivity index (χ4v) is 4.49. The van der Waals surface area contributed by atoms with Crippen molar-refractivity contribution in [3.8, 4) is 0 Å². The molecule has 0 radical (unpaired) electrons. The lowest BCUT2D eigenvalue weighted by Crippen LogP contribution is -2.54. The maximum absolute atomic E-state index is 12.5. The molecule has 3 amide bonds. The molecule has 0 saturated carbocycles. The van der Waals surface area contributed by atoms with Gasteiger partial charge in [0.15, 0.2) is 0 Å². The molecule has 1 aromatic carbocycles. The number of rotatable bonds is 7. The molecule has 1 aliphatic heterocycles. The number of urea groups is 1. The molecule has 0 atom stereocenters. The molecule has 10 heteroatoms. The van der Waals surface area contributed by atoms with Crippen LogP contribution in [0.3, 0.4) is 0 Å². The summed E-state index contributed by atoms with van der Waals surface area (Å²) in [6.45, 7) is 6.04. The highest BCUT2D eigenvalue weighted by atomic mass is 32.2. The molecular weight excluding hydrogens is 370 g/mol. The fourth-order valence-electron chi connectivity index (χ4n) is 2.88. The molecule has 0 aliphatic carbocycles. The van der Waals surface area contributed by atoms with Gasteiger partial charge in [0.25, 0.3) is 10.2 Å². The highest BCUT2D eigenvalue weighted by molar-refractivity contribution is 7.86. The van der Waals surface area contributed by atoms with Crippen molar-refractivity contribution >= 4 is 27.8 Å². The normalized spacial score (nSPS) is 16.3. The lowest BCUT2D eigenvalue weighted by Gasteiger charge is -2.35. The minimum atomic E-state index is -3.45. The molecule has 1 saturated heterocycles. The van der Waals surface area contributed by atoms with E-state index in [0.29, 0.717) is 45.0 Å². The molecule has 2 rings (SSSR count). The number of para-hydroxylation sites is 1. The lowest BCUT2D eigenvalue weighted by molar-refractivity contribution is -0.121. The Balaban J connectivity index is 1.78. The number of nitrogens with zero attached hydrogens (tertiary/aromatic N) is 3. The SMILES string of the molecule is CCN(CC)S(=O)(=O)N1CCN(CC(=O)NC(=O)Nc2ccccc2)CC1. The summed E-state index contributed by atoms with van der Waals surface area (Å²) in [5.41, 5.74) is 0.595. The van der Waals surface area contributed by atoms with Crippen LogP contribution in [0.25, 0.3) is 0 Å². The van der Waals surface area contributed by atoms with Gasteiger partial charge in [-0.05, 0) is 12.1 Å². The van der Waals surface area contributed by atoms with Crippen LogP contribution in [0.5, 0.6) is 0 Å². The lowest BCUT2D eigenvalue weighted by atomic mass is 10.3. The molecule has 27 heavy (non-hydrogen) atoms. The standard InChI is InChI=1S/C17H27N5O4S/c1-3-21(4-2)27(25,26)22-12-10-20(11-13-22)14-16(23)19-17(24)18-15-8-6-5-7-9-15/h5-9H,3-4,10-14H2,1-2H3,(H2,18,19,23,24). The second-order valence-corrected chi connectivity index (χ2v) is 8.06. The van der Waals surface area contributed by atoms with Gasteiger partial charge >= 0.3 is 6.03 Å². The van der Waals surface area contributed by atoms with E-state index in [2.05, 4.69) is 10.6 Å². The number of carbonyl (C=O) groups excluding carboxylic acids is 2. The Morgan fingerprint density at radius 3 is 2.19 bits per heavy atom. The zero-order valence-electron chi connectivity index (χ0n) is 15.7. The van der Waals surface area contributed by atoms with Crippen LogP contribution in [0, 0.1) is 0 Å². The first kappa shape index (κ1) is 21.3. The molecule has 0 unspecified atom stereocenters. The van der Waals surface area contributed by atoms with Gasteiger partial charge in [-0.2, -0.15) is 17.0 Å². The Labute approximate surface area is 160 Å². The summed E-state index contributed by atoms with van der Waals surface area (Å²) >= 11 is 0. The van der Waals surface area contributed by atoms with Gasteiger partial charge in [0.05, 0.1) is 6.54 Å². The van der Waals surface area contributed by atoms with Crippen molar-refractivity contribution in [3.05, 3.63) is 30.3 Å². The van der Waals surface area contributed by atoms with E-state index >= 15 is 0 Å². The van der Waals surface area contributed by atoms with Crippen LogP contribution in [0.15, 0.2) is 30.3 Å². The molecular formula is C17H27N5O4S. The fraction of sp³-hybridized carbons (Fsp3) is 0.529. The van der Waals surface area contributed by atoms with Gasteiger partial charge in [0.1, 0.15) is 0 Å². The number of hydrogen-bond donors (Lipinski definition) is 2. The highest BCUT2D eigenvalue weighted by Gasteiger charge is 2.31. The monoisotopic (exact) mass is 397 g/mol. The molecule has 1 fully saturated rings. The zero-order valence-corrected chi connectivity index (χ0v) is 16.5. The van der Waals surface area contributed by atoms with E-state index in [4.69, 9.17) is 0 Å². The smallest absolute Gasteiger partial charge is 0.308 e. The number of piperazine rings is 1. The van der Waals surface area contributed by atoms with Crippen LogP contribution in [0.2, 0.25) is 0 Å². The van der Waals surface area contributed by atoms with E-state index in [-0.39, 0.29) is 6.54 Å². The van der Waals surface area contributed by atoms with Crippen LogP contribution in [0.4, 0.5) is 10.5 Å². The first-order valence-electron chi connectivity index (χ1n) is 9.00. The van der Waals surface area contributed by atoms with Gasteiger partial charge < -0.3 is 5.32 Å². The number of carbonyl (C=O) groups is 2. The molecule has 0 aromatic heterocycles. The van der Waals surface area contributed by atoms with E-state index in [0.717, 1.165) is 0 Å². The first-order chi connectivity index (χ1) is 12.9. The molecule has 1 aliphatic rings. The maximum Gasteiger partial charge on any atom is 0.325 e. The van der Waals surface area contributed by atoms with Crippen molar-refractivity contribution in [2.75, 3.05) is 51.1 Å². The van der Waals surface area contributed by atoms with Gasteiger partial charge in [0, 0.05) is 45.0 Å². The van der Waals surface area contributed by atoms with E-state index in [1.54, 1.807) is 24.3 Å².